The van der Waals surface area contributed by atoms with E-state index in [2.05, 4.69) is 29.3 Å². The Morgan fingerprint density at radius 3 is 2.72 bits per heavy atom. The number of carbonyl (C=O) groups excluding carboxylic acids is 2. The molecule has 1 aromatic rings. The van der Waals surface area contributed by atoms with Gasteiger partial charge in [0.1, 0.15) is 11.7 Å². The van der Waals surface area contributed by atoms with Crippen LogP contribution in [0.1, 0.15) is 80.8 Å². The topological polar surface area (TPSA) is 61.4 Å². The van der Waals surface area contributed by atoms with Gasteiger partial charge < -0.3 is 15.5 Å². The van der Waals surface area contributed by atoms with Gasteiger partial charge >= 0.3 is 0 Å². The highest BCUT2D eigenvalue weighted by atomic mass is 19.1. The van der Waals surface area contributed by atoms with Crippen LogP contribution in [0.4, 0.5) is 4.39 Å². The molecule has 6 heteroatoms. The standard InChI is InChI=1S/C26H36FN3O2/c1-16-9-12-23(24(31)28-16)30-15-20-14-18(10-11-21(20)25(30)32)13-19-7-5-6-8-22(19)29-17(2)26(3,4)27/h10-11,14,17,19,22-23,29H,1,5-9,12-13,15H2,2-4H3,(H,28,31)/t17-,19+,22-,23?/m0/s1. The summed E-state index contributed by atoms with van der Waals surface area (Å²) < 4.78 is 14.4. The van der Waals surface area contributed by atoms with E-state index in [1.165, 1.54) is 18.4 Å². The molecule has 32 heavy (non-hydrogen) atoms. The molecule has 3 aliphatic rings. The minimum atomic E-state index is -1.25. The lowest BCUT2D eigenvalue weighted by atomic mass is 9.79. The van der Waals surface area contributed by atoms with Crippen molar-refractivity contribution < 1.29 is 14.0 Å². The smallest absolute Gasteiger partial charge is 0.255 e. The molecule has 0 spiro atoms. The predicted octanol–water partition coefficient (Wildman–Crippen LogP) is 4.26. The van der Waals surface area contributed by atoms with Crippen molar-refractivity contribution in [3.63, 3.8) is 0 Å². The first-order valence-electron chi connectivity index (χ1n) is 12.0. The van der Waals surface area contributed by atoms with Gasteiger partial charge in [0, 0.05) is 29.9 Å². The van der Waals surface area contributed by atoms with Gasteiger partial charge in [0.15, 0.2) is 0 Å². The van der Waals surface area contributed by atoms with Gasteiger partial charge in [-0.2, -0.15) is 0 Å². The summed E-state index contributed by atoms with van der Waals surface area (Å²) in [5.41, 5.74) is 2.39. The predicted molar refractivity (Wildman–Crippen MR) is 124 cm³/mol. The van der Waals surface area contributed by atoms with E-state index < -0.39 is 11.7 Å². The molecule has 0 radical (unpaired) electrons. The average molecular weight is 442 g/mol. The van der Waals surface area contributed by atoms with E-state index in [-0.39, 0.29) is 17.9 Å². The van der Waals surface area contributed by atoms with Crippen LogP contribution < -0.4 is 10.6 Å². The van der Waals surface area contributed by atoms with Crippen LogP contribution in [0.25, 0.3) is 0 Å². The Hall–Kier alpha value is -2.21. The number of nitrogens with zero attached hydrogens (tertiary/aromatic N) is 1. The normalized spacial score (nSPS) is 27.3. The van der Waals surface area contributed by atoms with Crippen molar-refractivity contribution in [3.8, 4) is 0 Å². The monoisotopic (exact) mass is 441 g/mol. The Morgan fingerprint density at radius 2 is 2.00 bits per heavy atom. The molecule has 2 amide bonds. The summed E-state index contributed by atoms with van der Waals surface area (Å²) in [6, 6.07) is 5.79. The average Bonchev–Trinajstić information content (AvgIpc) is 3.04. The maximum Gasteiger partial charge on any atom is 0.255 e. The number of benzene rings is 1. The van der Waals surface area contributed by atoms with Crippen LogP contribution in [-0.2, 0) is 17.8 Å². The van der Waals surface area contributed by atoms with Crippen LogP contribution in [-0.4, -0.2) is 40.5 Å². The summed E-state index contributed by atoms with van der Waals surface area (Å²) in [6.45, 7) is 9.50. The molecule has 5 nitrogen and oxygen atoms in total. The highest BCUT2D eigenvalue weighted by Crippen LogP contribution is 2.32. The second-order valence-corrected chi connectivity index (χ2v) is 10.4. The molecule has 1 unspecified atom stereocenters. The van der Waals surface area contributed by atoms with Crippen LogP contribution in [0.15, 0.2) is 30.5 Å². The van der Waals surface area contributed by atoms with Gasteiger partial charge in [0.05, 0.1) is 0 Å². The molecule has 4 rings (SSSR count). The maximum atomic E-state index is 14.4. The molecule has 2 aliphatic heterocycles. The summed E-state index contributed by atoms with van der Waals surface area (Å²) in [7, 11) is 0. The van der Waals surface area contributed by atoms with Crippen molar-refractivity contribution >= 4 is 11.8 Å². The third-order valence-corrected chi connectivity index (χ3v) is 7.60. The fourth-order valence-corrected chi connectivity index (χ4v) is 5.33. The number of alkyl halides is 1. The third-order valence-electron chi connectivity index (χ3n) is 7.60. The molecular weight excluding hydrogens is 405 g/mol. The van der Waals surface area contributed by atoms with E-state index >= 15 is 0 Å². The SMILES string of the molecule is C=C1CCC(N2Cc3cc(C[C@H]4CCCC[C@@H]4N[C@@H](C)C(C)(C)F)ccc3C2=O)C(=O)N1. The van der Waals surface area contributed by atoms with Crippen molar-refractivity contribution in [3.05, 3.63) is 47.2 Å². The van der Waals surface area contributed by atoms with Crippen LogP contribution in [0.3, 0.4) is 0 Å². The second kappa shape index (κ2) is 8.97. The minimum absolute atomic E-state index is 0.0598. The lowest BCUT2D eigenvalue weighted by Crippen LogP contribution is -2.50. The van der Waals surface area contributed by atoms with Gasteiger partial charge in [-0.25, -0.2) is 4.39 Å². The summed E-state index contributed by atoms with van der Waals surface area (Å²) in [5.74, 6) is 0.258. The molecule has 1 saturated heterocycles. The zero-order valence-corrected chi connectivity index (χ0v) is 19.5. The zero-order valence-electron chi connectivity index (χ0n) is 19.5. The lowest BCUT2D eigenvalue weighted by Gasteiger charge is -2.37. The van der Waals surface area contributed by atoms with Crippen molar-refractivity contribution in [1.29, 1.82) is 0 Å². The third kappa shape index (κ3) is 4.75. The highest BCUT2D eigenvalue weighted by molar-refractivity contribution is 6.01. The first-order chi connectivity index (χ1) is 15.1. The first-order valence-corrected chi connectivity index (χ1v) is 12.0. The van der Waals surface area contributed by atoms with E-state index in [0.717, 1.165) is 30.5 Å². The zero-order chi connectivity index (χ0) is 23.0. The molecule has 174 valence electrons. The van der Waals surface area contributed by atoms with E-state index in [4.69, 9.17) is 0 Å². The van der Waals surface area contributed by atoms with E-state index in [0.29, 0.717) is 36.9 Å². The number of carbonyl (C=O) groups is 2. The fraction of sp³-hybridized carbons (Fsp3) is 0.615. The number of hydrogen-bond acceptors (Lipinski definition) is 3. The van der Waals surface area contributed by atoms with Gasteiger partial charge in [0.25, 0.3) is 5.91 Å². The number of allylic oxidation sites excluding steroid dienone is 1. The number of halogens is 1. The van der Waals surface area contributed by atoms with Crippen molar-refractivity contribution in [2.75, 3.05) is 0 Å². The minimum Gasteiger partial charge on any atom is -0.329 e. The molecule has 0 aromatic heterocycles. The Kier molecular flexibility index (Phi) is 6.44. The largest absolute Gasteiger partial charge is 0.329 e. The first kappa shape index (κ1) is 23.0. The molecule has 2 N–H and O–H groups in total. The maximum absolute atomic E-state index is 14.4. The summed E-state index contributed by atoms with van der Waals surface area (Å²) in [5, 5.41) is 6.35. The van der Waals surface area contributed by atoms with Crippen LogP contribution in [0.5, 0.6) is 0 Å². The molecule has 0 bridgehead atoms. The number of nitrogens with one attached hydrogen (secondary N) is 2. The Bertz CT molecular complexity index is 907. The van der Waals surface area contributed by atoms with Crippen molar-refractivity contribution in [2.24, 2.45) is 5.92 Å². The van der Waals surface area contributed by atoms with Gasteiger partial charge in [-0.15, -0.1) is 0 Å². The fourth-order valence-electron chi connectivity index (χ4n) is 5.33. The highest BCUT2D eigenvalue weighted by Gasteiger charge is 2.38. The molecule has 1 aliphatic carbocycles. The van der Waals surface area contributed by atoms with Gasteiger partial charge in [-0.3, -0.25) is 9.59 Å². The van der Waals surface area contributed by atoms with Crippen molar-refractivity contribution in [2.45, 2.75) is 96.1 Å². The molecule has 2 heterocycles. The Morgan fingerprint density at radius 1 is 1.25 bits per heavy atom. The van der Waals surface area contributed by atoms with E-state index in [1.807, 2.05) is 13.0 Å². The molecule has 1 saturated carbocycles. The number of hydrogen-bond donors (Lipinski definition) is 2. The van der Waals surface area contributed by atoms with Gasteiger partial charge in [-0.1, -0.05) is 31.6 Å². The van der Waals surface area contributed by atoms with Gasteiger partial charge in [-0.05, 0) is 76.0 Å². The number of fused-ring (bicyclic) bond motifs is 1. The Balaban J connectivity index is 1.45. The number of rotatable bonds is 6. The molecule has 1 aromatic carbocycles. The second-order valence-electron chi connectivity index (χ2n) is 10.4. The van der Waals surface area contributed by atoms with Crippen molar-refractivity contribution in [1.82, 2.24) is 15.5 Å². The van der Waals surface area contributed by atoms with Crippen LogP contribution in [0.2, 0.25) is 0 Å². The van der Waals surface area contributed by atoms with Crippen LogP contribution >= 0.6 is 0 Å². The van der Waals surface area contributed by atoms with E-state index in [1.54, 1.807) is 18.7 Å². The Labute approximate surface area is 190 Å². The number of piperidine rings is 1. The summed E-state index contributed by atoms with van der Waals surface area (Å²) in [6.07, 6.45) is 6.83. The van der Waals surface area contributed by atoms with Gasteiger partial charge in [0.2, 0.25) is 5.91 Å². The lowest BCUT2D eigenvalue weighted by molar-refractivity contribution is -0.126. The summed E-state index contributed by atoms with van der Waals surface area (Å²) >= 11 is 0. The van der Waals surface area contributed by atoms with Crippen LogP contribution in [0, 0.1) is 5.92 Å². The molecule has 2 fully saturated rings. The summed E-state index contributed by atoms with van der Waals surface area (Å²) in [4.78, 5) is 27.1. The quantitative estimate of drug-likeness (QED) is 0.693. The number of amides is 2. The van der Waals surface area contributed by atoms with E-state index in [9.17, 15) is 14.0 Å². The molecule has 4 atom stereocenters. The molecular formula is C26H36FN3O2.